The Morgan fingerprint density at radius 1 is 1.27 bits per heavy atom. The van der Waals surface area contributed by atoms with Crippen LogP contribution in [-0.4, -0.2) is 11.7 Å². The van der Waals surface area contributed by atoms with E-state index in [4.69, 9.17) is 5.73 Å². The third kappa shape index (κ3) is 1.71. The van der Waals surface area contributed by atoms with E-state index in [0.717, 1.165) is 16.9 Å². The number of nitrogens with zero attached hydrogens (tertiary/aromatic N) is 1. The molecule has 5 heteroatoms. The number of allylic oxidation sites excluding steroid dienone is 1. The average Bonchev–Trinajstić information content (AvgIpc) is 2.70. The molecule has 0 aliphatic carbocycles. The molecule has 0 spiro atoms. The van der Waals surface area contributed by atoms with Crippen molar-refractivity contribution >= 4 is 17.5 Å². The van der Waals surface area contributed by atoms with Gasteiger partial charge in [-0.3, -0.25) is 9.59 Å². The van der Waals surface area contributed by atoms with Crippen LogP contribution >= 0.6 is 0 Å². The number of fused-ring (bicyclic) bond motifs is 1. The Hall–Kier alpha value is -2.56. The van der Waals surface area contributed by atoms with Crippen LogP contribution in [0.5, 0.6) is 5.75 Å². The molecule has 1 heterocycles. The number of nitrogens with two attached hydrogens (primary N) is 1. The molecule has 0 atom stereocenters. The highest BCUT2D eigenvalue weighted by Gasteiger charge is 2.40. The first-order chi connectivity index (χ1) is 10.3. The first-order valence-electron chi connectivity index (χ1n) is 7.21. The Kier molecular flexibility index (Phi) is 2.92. The highest BCUT2D eigenvalue weighted by Crippen LogP contribution is 2.49. The lowest BCUT2D eigenvalue weighted by Crippen LogP contribution is -2.37. The minimum absolute atomic E-state index is 0.0307. The first kappa shape index (κ1) is 14.4. The van der Waals surface area contributed by atoms with Crippen molar-refractivity contribution in [2.45, 2.75) is 26.2 Å². The van der Waals surface area contributed by atoms with Crippen molar-refractivity contribution in [2.24, 2.45) is 0 Å². The summed E-state index contributed by atoms with van der Waals surface area (Å²) >= 11 is 0. The van der Waals surface area contributed by atoms with Crippen LogP contribution < -0.4 is 21.5 Å². The van der Waals surface area contributed by atoms with Crippen LogP contribution in [0, 0.1) is 0 Å². The van der Waals surface area contributed by atoms with Gasteiger partial charge in [0.2, 0.25) is 10.9 Å². The van der Waals surface area contributed by atoms with Crippen molar-refractivity contribution in [2.75, 3.05) is 17.2 Å². The number of hydrogen-bond acceptors (Lipinski definition) is 5. The normalized spacial score (nSPS) is 18.1. The smallest absolute Gasteiger partial charge is 0.249 e. The van der Waals surface area contributed by atoms with Gasteiger partial charge in [0.25, 0.3) is 0 Å². The zero-order chi connectivity index (χ0) is 16.2. The maximum Gasteiger partial charge on any atom is 0.249 e. The van der Waals surface area contributed by atoms with E-state index in [1.54, 1.807) is 18.2 Å². The molecule has 114 valence electrons. The fourth-order valence-corrected chi connectivity index (χ4v) is 3.17. The van der Waals surface area contributed by atoms with Gasteiger partial charge in [-0.05, 0) is 36.8 Å². The number of phenolic OH excluding ortho intramolecular Hbond substituents is 1. The van der Waals surface area contributed by atoms with Crippen LogP contribution in [-0.2, 0) is 5.41 Å². The summed E-state index contributed by atoms with van der Waals surface area (Å²) in [5.74, 6) is 0.206. The minimum atomic E-state index is -0.610. The zero-order valence-electron chi connectivity index (χ0n) is 12.8. The van der Waals surface area contributed by atoms with E-state index in [0.29, 0.717) is 6.54 Å². The van der Waals surface area contributed by atoms with Gasteiger partial charge < -0.3 is 15.7 Å². The lowest BCUT2D eigenvalue weighted by molar-refractivity contribution is 0.473. The lowest BCUT2D eigenvalue weighted by Gasteiger charge is -2.26. The van der Waals surface area contributed by atoms with Gasteiger partial charge in [-0.1, -0.05) is 13.8 Å². The number of nitrogen functional groups attached to an aromatic ring is 1. The molecule has 0 saturated heterocycles. The third-order valence-corrected chi connectivity index (χ3v) is 4.46. The number of anilines is 2. The molecule has 3 rings (SSSR count). The van der Waals surface area contributed by atoms with Crippen LogP contribution in [0.1, 0.15) is 31.9 Å². The predicted octanol–water partition coefficient (Wildman–Crippen LogP) is 1.73. The number of hydrogen-bond donors (Lipinski definition) is 2. The molecule has 2 aromatic rings. The summed E-state index contributed by atoms with van der Waals surface area (Å²) in [5, 5.41) is 9.77. The van der Waals surface area contributed by atoms with Crippen LogP contribution in [0.15, 0.2) is 33.5 Å². The fourth-order valence-electron chi connectivity index (χ4n) is 3.17. The number of phenols is 1. The fraction of sp³-hybridized carbons (Fsp3) is 0.294. The SMILES string of the molecule is CCN1C(=Cc2c(N)c(=O)c2=O)C(C)(C)c2cc(O)ccc21. The molecule has 2 aromatic carbocycles. The van der Waals surface area contributed by atoms with Gasteiger partial charge >= 0.3 is 0 Å². The van der Waals surface area contributed by atoms with Crippen molar-refractivity contribution < 1.29 is 5.11 Å². The predicted molar refractivity (Wildman–Crippen MR) is 87.9 cm³/mol. The highest BCUT2D eigenvalue weighted by atomic mass is 16.3. The molecule has 3 N–H and O–H groups in total. The quantitative estimate of drug-likeness (QED) is 0.825. The van der Waals surface area contributed by atoms with Crippen LogP contribution in [0.3, 0.4) is 0 Å². The average molecular weight is 298 g/mol. The molecule has 1 aliphatic heterocycles. The maximum atomic E-state index is 11.7. The first-order valence-corrected chi connectivity index (χ1v) is 7.21. The molecule has 5 nitrogen and oxygen atoms in total. The summed E-state index contributed by atoms with van der Waals surface area (Å²) in [7, 11) is 0. The van der Waals surface area contributed by atoms with Crippen molar-refractivity contribution in [3.05, 3.63) is 55.5 Å². The topological polar surface area (TPSA) is 83.6 Å². The van der Waals surface area contributed by atoms with Gasteiger partial charge in [0, 0.05) is 23.3 Å². The molecular formula is C17H18N2O3. The van der Waals surface area contributed by atoms with Gasteiger partial charge in [-0.2, -0.15) is 0 Å². The van der Waals surface area contributed by atoms with Gasteiger partial charge in [0.1, 0.15) is 5.75 Å². The molecule has 1 aliphatic rings. The van der Waals surface area contributed by atoms with E-state index < -0.39 is 16.3 Å². The minimum Gasteiger partial charge on any atom is -0.508 e. The summed E-state index contributed by atoms with van der Waals surface area (Å²) in [4.78, 5) is 25.1. The van der Waals surface area contributed by atoms with E-state index in [1.807, 2.05) is 26.8 Å². The summed E-state index contributed by atoms with van der Waals surface area (Å²) in [5.41, 5.74) is 7.30. The Labute approximate surface area is 128 Å². The third-order valence-electron chi connectivity index (χ3n) is 4.46. The molecule has 0 amide bonds. The standard InChI is InChI=1S/C17H18N2O3/c1-4-19-12-6-5-9(20)7-11(12)17(2,3)13(19)8-10-14(18)16(22)15(10)21/h5-8,20H,4,18H2,1-3H3. The Morgan fingerprint density at radius 3 is 2.55 bits per heavy atom. The number of likely N-dealkylation sites (N-methyl/N-ethyl adjacent to an activating group) is 1. The Balaban J connectivity index is 2.21. The van der Waals surface area contributed by atoms with Gasteiger partial charge in [-0.25, -0.2) is 0 Å². The van der Waals surface area contributed by atoms with E-state index in [2.05, 4.69) is 4.90 Å². The van der Waals surface area contributed by atoms with Crippen molar-refractivity contribution in [1.82, 2.24) is 0 Å². The second kappa shape index (κ2) is 4.47. The van der Waals surface area contributed by atoms with Crippen molar-refractivity contribution in [3.63, 3.8) is 0 Å². The molecule has 0 radical (unpaired) electrons. The molecule has 0 saturated carbocycles. The summed E-state index contributed by atoms with van der Waals surface area (Å²) in [6.45, 7) is 6.77. The molecule has 0 fully saturated rings. The van der Waals surface area contributed by atoms with Crippen LogP contribution in [0.25, 0.3) is 6.08 Å². The maximum absolute atomic E-state index is 11.7. The summed E-state index contributed by atoms with van der Waals surface area (Å²) in [6.07, 6.45) is 1.71. The lowest BCUT2D eigenvalue weighted by atomic mass is 9.83. The number of aromatic hydroxyl groups is 1. The number of benzene rings is 1. The highest BCUT2D eigenvalue weighted by molar-refractivity contribution is 5.80. The van der Waals surface area contributed by atoms with Crippen LogP contribution in [0.2, 0.25) is 0 Å². The Bertz CT molecular complexity index is 871. The second-order valence-electron chi connectivity index (χ2n) is 6.09. The zero-order valence-corrected chi connectivity index (χ0v) is 12.8. The monoisotopic (exact) mass is 298 g/mol. The van der Waals surface area contributed by atoms with E-state index in [1.165, 1.54) is 0 Å². The molecule has 22 heavy (non-hydrogen) atoms. The molecule has 0 aromatic heterocycles. The van der Waals surface area contributed by atoms with E-state index >= 15 is 0 Å². The molecule has 0 bridgehead atoms. The van der Waals surface area contributed by atoms with E-state index in [9.17, 15) is 14.7 Å². The van der Waals surface area contributed by atoms with Crippen molar-refractivity contribution in [3.8, 4) is 5.75 Å². The number of rotatable bonds is 2. The van der Waals surface area contributed by atoms with E-state index in [-0.39, 0.29) is 17.0 Å². The van der Waals surface area contributed by atoms with Crippen LogP contribution in [0.4, 0.5) is 11.4 Å². The summed E-state index contributed by atoms with van der Waals surface area (Å²) < 4.78 is 0. The van der Waals surface area contributed by atoms with Gasteiger partial charge in [-0.15, -0.1) is 0 Å². The largest absolute Gasteiger partial charge is 0.508 e. The van der Waals surface area contributed by atoms with Crippen molar-refractivity contribution in [1.29, 1.82) is 0 Å². The molecule has 0 unspecified atom stereocenters. The van der Waals surface area contributed by atoms with Gasteiger partial charge in [0.15, 0.2) is 0 Å². The Morgan fingerprint density at radius 2 is 1.95 bits per heavy atom. The van der Waals surface area contributed by atoms with Gasteiger partial charge in [0.05, 0.1) is 11.3 Å². The molecular weight excluding hydrogens is 280 g/mol. The summed E-state index contributed by atoms with van der Waals surface area (Å²) in [6, 6.07) is 5.25. The second-order valence-corrected chi connectivity index (χ2v) is 6.09.